The zero-order chi connectivity index (χ0) is 9.14. The van der Waals surface area contributed by atoms with Gasteiger partial charge >= 0.3 is 0 Å². The standard InChI is InChI=1S/C10H18N2/c1-7(2)9-5-10(8(3)4)12-11-6-9/h5-9,12H,1-4H3. The number of hydrazone groups is 1. The van der Waals surface area contributed by atoms with Gasteiger partial charge in [-0.1, -0.05) is 33.8 Å². The summed E-state index contributed by atoms with van der Waals surface area (Å²) in [6.45, 7) is 8.79. The molecule has 2 nitrogen and oxygen atoms in total. The molecule has 0 saturated heterocycles. The van der Waals surface area contributed by atoms with E-state index in [-0.39, 0.29) is 0 Å². The Hall–Kier alpha value is -0.790. The van der Waals surface area contributed by atoms with Crippen molar-refractivity contribution >= 4 is 6.21 Å². The first-order valence-electron chi connectivity index (χ1n) is 4.62. The summed E-state index contributed by atoms with van der Waals surface area (Å²) in [5, 5.41) is 4.14. The van der Waals surface area contributed by atoms with Crippen LogP contribution in [0.2, 0.25) is 0 Å². The van der Waals surface area contributed by atoms with E-state index in [1.165, 1.54) is 5.70 Å². The molecule has 0 aromatic rings. The van der Waals surface area contributed by atoms with Gasteiger partial charge in [-0.3, -0.25) is 5.43 Å². The average molecular weight is 166 g/mol. The van der Waals surface area contributed by atoms with Crippen molar-refractivity contribution in [3.8, 4) is 0 Å². The van der Waals surface area contributed by atoms with Crippen LogP contribution in [0.1, 0.15) is 27.7 Å². The fraction of sp³-hybridized carbons (Fsp3) is 0.700. The minimum Gasteiger partial charge on any atom is -0.283 e. The second kappa shape index (κ2) is 3.74. The van der Waals surface area contributed by atoms with Crippen LogP contribution >= 0.6 is 0 Å². The first kappa shape index (κ1) is 9.30. The van der Waals surface area contributed by atoms with E-state index in [0.717, 1.165) is 0 Å². The molecule has 1 aliphatic rings. The van der Waals surface area contributed by atoms with Gasteiger partial charge in [-0.2, -0.15) is 5.10 Å². The molecule has 0 bridgehead atoms. The maximum atomic E-state index is 4.14. The molecule has 1 rings (SSSR count). The Morgan fingerprint density at radius 1 is 1.33 bits per heavy atom. The molecule has 0 spiro atoms. The van der Waals surface area contributed by atoms with Gasteiger partial charge in [-0.05, 0) is 11.8 Å². The molecule has 0 amide bonds. The largest absolute Gasteiger partial charge is 0.283 e. The number of nitrogens with zero attached hydrogens (tertiary/aromatic N) is 1. The van der Waals surface area contributed by atoms with Gasteiger partial charge < -0.3 is 0 Å². The zero-order valence-electron chi connectivity index (χ0n) is 8.33. The fourth-order valence-electron chi connectivity index (χ4n) is 1.17. The maximum Gasteiger partial charge on any atom is 0.0328 e. The summed E-state index contributed by atoms with van der Waals surface area (Å²) in [7, 11) is 0. The van der Waals surface area contributed by atoms with Crippen LogP contribution in [0.5, 0.6) is 0 Å². The molecule has 68 valence electrons. The highest BCUT2D eigenvalue weighted by atomic mass is 15.3. The fourth-order valence-corrected chi connectivity index (χ4v) is 1.17. The number of allylic oxidation sites excluding steroid dienone is 2. The molecule has 0 saturated carbocycles. The van der Waals surface area contributed by atoms with Crippen molar-refractivity contribution in [1.29, 1.82) is 0 Å². The lowest BCUT2D eigenvalue weighted by molar-refractivity contribution is 0.547. The average Bonchev–Trinajstić information content (AvgIpc) is 2.04. The van der Waals surface area contributed by atoms with Gasteiger partial charge in [0.1, 0.15) is 0 Å². The van der Waals surface area contributed by atoms with E-state index < -0.39 is 0 Å². The highest BCUT2D eigenvalue weighted by molar-refractivity contribution is 5.64. The molecule has 12 heavy (non-hydrogen) atoms. The normalized spacial score (nSPS) is 22.8. The summed E-state index contributed by atoms with van der Waals surface area (Å²) >= 11 is 0. The van der Waals surface area contributed by atoms with Crippen LogP contribution in [0, 0.1) is 17.8 Å². The molecule has 0 aromatic carbocycles. The summed E-state index contributed by atoms with van der Waals surface area (Å²) in [6.07, 6.45) is 4.26. The Bertz CT molecular complexity index is 202. The summed E-state index contributed by atoms with van der Waals surface area (Å²) in [5.74, 6) is 1.69. The van der Waals surface area contributed by atoms with Gasteiger partial charge in [0.2, 0.25) is 0 Å². The van der Waals surface area contributed by atoms with E-state index in [1.807, 2.05) is 6.21 Å². The third-order valence-corrected chi connectivity index (χ3v) is 2.20. The van der Waals surface area contributed by atoms with Crippen molar-refractivity contribution in [2.45, 2.75) is 27.7 Å². The highest BCUT2D eigenvalue weighted by Crippen LogP contribution is 2.18. The number of hydrogen-bond acceptors (Lipinski definition) is 2. The number of rotatable bonds is 2. The predicted molar refractivity (Wildman–Crippen MR) is 52.9 cm³/mol. The van der Waals surface area contributed by atoms with Gasteiger partial charge in [0, 0.05) is 17.8 Å². The van der Waals surface area contributed by atoms with Crippen molar-refractivity contribution in [2.75, 3.05) is 0 Å². The van der Waals surface area contributed by atoms with Crippen LogP contribution < -0.4 is 5.43 Å². The Morgan fingerprint density at radius 2 is 2.00 bits per heavy atom. The summed E-state index contributed by atoms with van der Waals surface area (Å²) in [6, 6.07) is 0. The van der Waals surface area contributed by atoms with E-state index in [0.29, 0.717) is 17.8 Å². The quantitative estimate of drug-likeness (QED) is 0.669. The smallest absolute Gasteiger partial charge is 0.0328 e. The van der Waals surface area contributed by atoms with Gasteiger partial charge in [0.15, 0.2) is 0 Å². The van der Waals surface area contributed by atoms with Crippen molar-refractivity contribution in [3.05, 3.63) is 11.8 Å². The third kappa shape index (κ3) is 2.10. The lowest BCUT2D eigenvalue weighted by Gasteiger charge is -2.21. The monoisotopic (exact) mass is 166 g/mol. The third-order valence-electron chi connectivity index (χ3n) is 2.20. The first-order valence-corrected chi connectivity index (χ1v) is 4.62. The lowest BCUT2D eigenvalue weighted by atomic mass is 9.93. The lowest BCUT2D eigenvalue weighted by Crippen LogP contribution is -2.21. The minimum absolute atomic E-state index is 0.503. The topological polar surface area (TPSA) is 24.4 Å². The van der Waals surface area contributed by atoms with Crippen LogP contribution in [0.15, 0.2) is 16.9 Å². The molecular formula is C10H18N2. The molecular weight excluding hydrogens is 148 g/mol. The summed E-state index contributed by atoms with van der Waals surface area (Å²) in [4.78, 5) is 0. The van der Waals surface area contributed by atoms with Crippen molar-refractivity contribution in [2.24, 2.45) is 22.9 Å². The number of nitrogens with one attached hydrogen (secondary N) is 1. The van der Waals surface area contributed by atoms with Crippen LogP contribution in [-0.2, 0) is 0 Å². The van der Waals surface area contributed by atoms with Gasteiger partial charge in [-0.15, -0.1) is 0 Å². The Labute approximate surface area is 74.7 Å². The summed E-state index contributed by atoms with van der Waals surface area (Å²) in [5.41, 5.74) is 4.28. The van der Waals surface area contributed by atoms with Gasteiger partial charge in [-0.25, -0.2) is 0 Å². The van der Waals surface area contributed by atoms with Crippen LogP contribution in [-0.4, -0.2) is 6.21 Å². The first-order chi connectivity index (χ1) is 5.61. The number of hydrogen-bond donors (Lipinski definition) is 1. The van der Waals surface area contributed by atoms with Crippen molar-refractivity contribution in [1.82, 2.24) is 5.43 Å². The predicted octanol–water partition coefficient (Wildman–Crippen LogP) is 2.39. The van der Waals surface area contributed by atoms with E-state index in [4.69, 9.17) is 0 Å². The molecule has 1 unspecified atom stereocenters. The van der Waals surface area contributed by atoms with Crippen LogP contribution in [0.4, 0.5) is 0 Å². The van der Waals surface area contributed by atoms with E-state index >= 15 is 0 Å². The second-order valence-corrected chi connectivity index (χ2v) is 3.99. The molecule has 0 aromatic heterocycles. The summed E-state index contributed by atoms with van der Waals surface area (Å²) < 4.78 is 0. The van der Waals surface area contributed by atoms with E-state index in [2.05, 4.69) is 44.3 Å². The Morgan fingerprint density at radius 3 is 2.50 bits per heavy atom. The zero-order valence-corrected chi connectivity index (χ0v) is 8.33. The van der Waals surface area contributed by atoms with Gasteiger partial charge in [0.05, 0.1) is 0 Å². The van der Waals surface area contributed by atoms with Crippen LogP contribution in [0.25, 0.3) is 0 Å². The van der Waals surface area contributed by atoms with Crippen LogP contribution in [0.3, 0.4) is 0 Å². The molecule has 0 radical (unpaired) electrons. The van der Waals surface area contributed by atoms with E-state index in [9.17, 15) is 0 Å². The molecule has 2 heteroatoms. The second-order valence-electron chi connectivity index (χ2n) is 3.99. The minimum atomic E-state index is 0.503. The maximum absolute atomic E-state index is 4.14. The van der Waals surface area contributed by atoms with Crippen molar-refractivity contribution < 1.29 is 0 Å². The molecule has 1 aliphatic heterocycles. The van der Waals surface area contributed by atoms with E-state index in [1.54, 1.807) is 0 Å². The molecule has 1 heterocycles. The highest BCUT2D eigenvalue weighted by Gasteiger charge is 2.14. The molecule has 1 N–H and O–H groups in total. The van der Waals surface area contributed by atoms with Crippen molar-refractivity contribution in [3.63, 3.8) is 0 Å². The van der Waals surface area contributed by atoms with Gasteiger partial charge in [0.25, 0.3) is 0 Å². The Balaban J connectivity index is 2.68. The SMILES string of the molecule is CC(C)C1=CC(C(C)C)C=NN1. The Kier molecular flexibility index (Phi) is 2.90. The molecule has 0 fully saturated rings. The molecule has 1 atom stereocenters. The molecule has 0 aliphatic carbocycles.